The molecule has 0 aromatic heterocycles. The van der Waals surface area contributed by atoms with Crippen LogP contribution in [0, 0.1) is 0 Å². The third-order valence-corrected chi connectivity index (χ3v) is 3.03. The quantitative estimate of drug-likeness (QED) is 0.617. The fourth-order valence-electron chi connectivity index (χ4n) is 1.81. The molecule has 0 N–H and O–H groups in total. The summed E-state index contributed by atoms with van der Waals surface area (Å²) in [6, 6.07) is 17.3. The lowest BCUT2D eigenvalue weighted by Gasteiger charge is -2.06. The van der Waals surface area contributed by atoms with E-state index in [2.05, 4.69) is 13.6 Å². The first-order chi connectivity index (χ1) is 9.16. The van der Waals surface area contributed by atoms with Gasteiger partial charge in [0.15, 0.2) is 6.71 Å². The van der Waals surface area contributed by atoms with Crippen molar-refractivity contribution in [2.45, 2.75) is 20.3 Å². The fraction of sp³-hybridized carbons (Fsp3) is 0.188. The van der Waals surface area contributed by atoms with Gasteiger partial charge in [-0.15, -0.1) is 0 Å². The molecule has 0 saturated carbocycles. The Kier molecular flexibility index (Phi) is 4.40. The maximum absolute atomic E-state index is 11.9. The van der Waals surface area contributed by atoms with Crippen molar-refractivity contribution in [2.24, 2.45) is 0 Å². The minimum Gasteiger partial charge on any atom is -0.457 e. The Morgan fingerprint density at radius 3 is 2.21 bits per heavy atom. The minimum absolute atomic E-state index is 0.279. The van der Waals surface area contributed by atoms with Crippen molar-refractivity contribution in [3.63, 3.8) is 0 Å². The smallest absolute Gasteiger partial charge is 0.338 e. The molecule has 0 aliphatic heterocycles. The Bertz CT molecular complexity index is 532. The zero-order valence-electron chi connectivity index (χ0n) is 11.3. The van der Waals surface area contributed by atoms with Crippen LogP contribution >= 0.6 is 0 Å². The van der Waals surface area contributed by atoms with Gasteiger partial charge >= 0.3 is 5.97 Å². The summed E-state index contributed by atoms with van der Waals surface area (Å²) < 4.78 is 5.28. The van der Waals surface area contributed by atoms with Crippen LogP contribution in [0.3, 0.4) is 0 Å². The molecule has 19 heavy (non-hydrogen) atoms. The second-order valence-electron chi connectivity index (χ2n) is 4.84. The highest BCUT2D eigenvalue weighted by Crippen LogP contribution is 2.05. The van der Waals surface area contributed by atoms with Gasteiger partial charge in [0, 0.05) is 0 Å². The Balaban J connectivity index is 1.96. The average molecular weight is 252 g/mol. The largest absolute Gasteiger partial charge is 0.457 e. The molecule has 2 nitrogen and oxygen atoms in total. The van der Waals surface area contributed by atoms with Crippen LogP contribution in [0.1, 0.15) is 15.9 Å². The molecule has 3 heteroatoms. The van der Waals surface area contributed by atoms with E-state index >= 15 is 0 Å². The summed E-state index contributed by atoms with van der Waals surface area (Å²) in [5.74, 6) is -0.279. The highest BCUT2D eigenvalue weighted by atomic mass is 16.5. The van der Waals surface area contributed by atoms with Crippen LogP contribution in [-0.2, 0) is 11.3 Å². The summed E-state index contributed by atoms with van der Waals surface area (Å²) in [5, 5.41) is 0. The third kappa shape index (κ3) is 3.72. The number of hydrogen-bond acceptors (Lipinski definition) is 2. The molecular weight excluding hydrogens is 235 g/mol. The lowest BCUT2D eigenvalue weighted by molar-refractivity contribution is 0.0473. The molecule has 0 atom stereocenters. The first-order valence-electron chi connectivity index (χ1n) is 6.48. The molecule has 96 valence electrons. The summed E-state index contributed by atoms with van der Waals surface area (Å²) in [6.07, 6.45) is 0. The van der Waals surface area contributed by atoms with Gasteiger partial charge in [0.05, 0.1) is 5.56 Å². The van der Waals surface area contributed by atoms with Crippen LogP contribution < -0.4 is 5.46 Å². The van der Waals surface area contributed by atoms with Crippen LogP contribution in [0.5, 0.6) is 0 Å². The van der Waals surface area contributed by atoms with E-state index in [4.69, 9.17) is 4.74 Å². The van der Waals surface area contributed by atoms with Crippen molar-refractivity contribution in [1.29, 1.82) is 0 Å². The van der Waals surface area contributed by atoms with Gasteiger partial charge in [0.25, 0.3) is 0 Å². The number of esters is 1. The molecule has 0 saturated heterocycles. The van der Waals surface area contributed by atoms with E-state index in [1.54, 1.807) is 0 Å². The van der Waals surface area contributed by atoms with Crippen LogP contribution in [-0.4, -0.2) is 12.7 Å². The number of hydrogen-bond donors (Lipinski definition) is 0. The molecule has 0 unspecified atom stereocenters. The standard InChI is InChI=1S/C16H17BO2/c1-17(2)15-10-8-14(9-11-15)16(18)19-12-13-6-4-3-5-7-13/h3-11H,12H2,1-2H3. The van der Waals surface area contributed by atoms with E-state index in [0.717, 1.165) is 5.56 Å². The third-order valence-electron chi connectivity index (χ3n) is 3.03. The van der Waals surface area contributed by atoms with E-state index in [9.17, 15) is 4.79 Å². The Hall–Kier alpha value is -2.03. The van der Waals surface area contributed by atoms with Crippen molar-refractivity contribution in [1.82, 2.24) is 0 Å². The lowest BCUT2D eigenvalue weighted by atomic mass is 9.49. The summed E-state index contributed by atoms with van der Waals surface area (Å²) in [4.78, 5) is 11.9. The second-order valence-corrected chi connectivity index (χ2v) is 4.84. The molecule has 0 heterocycles. The van der Waals surface area contributed by atoms with Gasteiger partial charge in [-0.3, -0.25) is 0 Å². The molecular formula is C16H17BO2. The van der Waals surface area contributed by atoms with Gasteiger partial charge in [-0.1, -0.05) is 61.6 Å². The van der Waals surface area contributed by atoms with Gasteiger partial charge in [-0.05, 0) is 17.7 Å². The van der Waals surface area contributed by atoms with E-state index < -0.39 is 0 Å². The molecule has 0 aliphatic carbocycles. The van der Waals surface area contributed by atoms with E-state index in [0.29, 0.717) is 18.9 Å². The van der Waals surface area contributed by atoms with Crippen LogP contribution in [0.15, 0.2) is 54.6 Å². The predicted molar refractivity (Wildman–Crippen MR) is 79.1 cm³/mol. The number of ether oxygens (including phenoxy) is 1. The molecule has 0 amide bonds. The molecule has 2 rings (SSSR count). The van der Waals surface area contributed by atoms with Gasteiger partial charge < -0.3 is 4.74 Å². The van der Waals surface area contributed by atoms with Crippen molar-refractivity contribution in [2.75, 3.05) is 0 Å². The zero-order chi connectivity index (χ0) is 13.7. The molecule has 0 bridgehead atoms. The molecule has 0 radical (unpaired) electrons. The van der Waals surface area contributed by atoms with Crippen LogP contribution in [0.25, 0.3) is 0 Å². The summed E-state index contributed by atoms with van der Waals surface area (Å²) in [5.41, 5.74) is 2.81. The van der Waals surface area contributed by atoms with E-state index in [-0.39, 0.29) is 5.97 Å². The first-order valence-corrected chi connectivity index (χ1v) is 6.48. The maximum atomic E-state index is 11.9. The predicted octanol–water partition coefficient (Wildman–Crippen LogP) is 3.01. The Morgan fingerprint density at radius 1 is 1.00 bits per heavy atom. The molecule has 2 aromatic rings. The number of carbonyl (C=O) groups excluding carboxylic acids is 1. The monoisotopic (exact) mass is 252 g/mol. The Labute approximate surface area is 114 Å². The summed E-state index contributed by atoms with van der Waals surface area (Å²) in [7, 11) is 0. The molecule has 2 aromatic carbocycles. The average Bonchev–Trinajstić information content (AvgIpc) is 2.46. The SMILES string of the molecule is CB(C)c1ccc(C(=O)OCc2ccccc2)cc1. The highest BCUT2D eigenvalue weighted by molar-refractivity contribution is 6.70. The van der Waals surface area contributed by atoms with Crippen molar-refractivity contribution in [3.05, 3.63) is 65.7 Å². The number of rotatable bonds is 4. The van der Waals surface area contributed by atoms with Crippen molar-refractivity contribution >= 4 is 18.1 Å². The Morgan fingerprint density at radius 2 is 1.63 bits per heavy atom. The van der Waals surface area contributed by atoms with Gasteiger partial charge in [-0.2, -0.15) is 0 Å². The van der Waals surface area contributed by atoms with E-state index in [1.165, 1.54) is 5.46 Å². The van der Waals surface area contributed by atoms with Gasteiger partial charge in [0.2, 0.25) is 0 Å². The summed E-state index contributed by atoms with van der Waals surface area (Å²) in [6.45, 7) is 5.03. The fourth-order valence-corrected chi connectivity index (χ4v) is 1.81. The molecule has 0 spiro atoms. The number of carbonyl (C=O) groups is 1. The first kappa shape index (κ1) is 13.4. The zero-order valence-corrected chi connectivity index (χ0v) is 11.3. The summed E-state index contributed by atoms with van der Waals surface area (Å²) >= 11 is 0. The van der Waals surface area contributed by atoms with Crippen molar-refractivity contribution in [3.8, 4) is 0 Å². The molecule has 0 aliphatic rings. The van der Waals surface area contributed by atoms with Crippen LogP contribution in [0.2, 0.25) is 13.6 Å². The van der Waals surface area contributed by atoms with E-state index in [1.807, 2.05) is 54.6 Å². The normalized spacial score (nSPS) is 10.0. The molecule has 0 fully saturated rings. The number of benzene rings is 2. The van der Waals surface area contributed by atoms with Crippen molar-refractivity contribution < 1.29 is 9.53 Å². The van der Waals surface area contributed by atoms with Gasteiger partial charge in [-0.25, -0.2) is 4.79 Å². The minimum atomic E-state index is -0.279. The van der Waals surface area contributed by atoms with Crippen LogP contribution in [0.4, 0.5) is 0 Å². The van der Waals surface area contributed by atoms with Gasteiger partial charge in [0.1, 0.15) is 6.61 Å². The highest BCUT2D eigenvalue weighted by Gasteiger charge is 2.08. The lowest BCUT2D eigenvalue weighted by Crippen LogP contribution is -2.22. The maximum Gasteiger partial charge on any atom is 0.338 e. The topological polar surface area (TPSA) is 26.3 Å². The second kappa shape index (κ2) is 6.23.